The fourth-order valence-electron chi connectivity index (χ4n) is 2.19. The van der Waals surface area contributed by atoms with Crippen LogP contribution >= 0.6 is 15.9 Å². The van der Waals surface area contributed by atoms with Gasteiger partial charge >= 0.3 is 0 Å². The molecule has 4 heteroatoms. The number of ketones is 1. The summed E-state index contributed by atoms with van der Waals surface area (Å²) in [4.78, 5) is 12.2. The standard InChI is InChI=1S/C16H13BrF2O/c1-9-5-10(2)7-11(6-9)8-14(20)12-3-4-13(18)16(19)15(12)17/h3-7H,8H2,1-2H3. The maximum atomic E-state index is 13.4. The van der Waals surface area contributed by atoms with Crippen molar-refractivity contribution < 1.29 is 13.6 Å². The number of Topliss-reactive ketones (excluding diaryl/α,β-unsaturated/α-hetero) is 1. The molecule has 0 amide bonds. The third-order valence-electron chi connectivity index (χ3n) is 2.98. The third-order valence-corrected chi connectivity index (χ3v) is 3.76. The van der Waals surface area contributed by atoms with Crippen LogP contribution in [0.25, 0.3) is 0 Å². The van der Waals surface area contributed by atoms with Gasteiger partial charge in [0.15, 0.2) is 17.4 Å². The Balaban J connectivity index is 2.31. The molecule has 0 aliphatic rings. The van der Waals surface area contributed by atoms with E-state index in [0.717, 1.165) is 22.8 Å². The maximum Gasteiger partial charge on any atom is 0.173 e. The van der Waals surface area contributed by atoms with Gasteiger partial charge in [0, 0.05) is 12.0 Å². The van der Waals surface area contributed by atoms with Crippen molar-refractivity contribution in [3.63, 3.8) is 0 Å². The second kappa shape index (κ2) is 5.83. The van der Waals surface area contributed by atoms with Crippen LogP contribution in [-0.4, -0.2) is 5.78 Å². The summed E-state index contributed by atoms with van der Waals surface area (Å²) in [7, 11) is 0. The van der Waals surface area contributed by atoms with Gasteiger partial charge in [0.05, 0.1) is 4.47 Å². The summed E-state index contributed by atoms with van der Waals surface area (Å²) in [5, 5.41) is 0. The quantitative estimate of drug-likeness (QED) is 0.582. The van der Waals surface area contributed by atoms with E-state index in [1.165, 1.54) is 6.07 Å². The van der Waals surface area contributed by atoms with Crippen molar-refractivity contribution in [1.29, 1.82) is 0 Å². The molecule has 0 fully saturated rings. The van der Waals surface area contributed by atoms with Gasteiger partial charge in [-0.25, -0.2) is 8.78 Å². The lowest BCUT2D eigenvalue weighted by atomic mass is 9.99. The fourth-order valence-corrected chi connectivity index (χ4v) is 2.74. The van der Waals surface area contributed by atoms with E-state index in [4.69, 9.17) is 0 Å². The number of rotatable bonds is 3. The van der Waals surface area contributed by atoms with E-state index in [1.54, 1.807) is 0 Å². The van der Waals surface area contributed by atoms with E-state index in [9.17, 15) is 13.6 Å². The lowest BCUT2D eigenvalue weighted by Gasteiger charge is -2.07. The van der Waals surface area contributed by atoms with E-state index in [0.29, 0.717) is 0 Å². The van der Waals surface area contributed by atoms with Gasteiger partial charge in [-0.05, 0) is 47.5 Å². The van der Waals surface area contributed by atoms with E-state index < -0.39 is 11.6 Å². The number of hydrogen-bond donors (Lipinski definition) is 0. The zero-order valence-corrected chi connectivity index (χ0v) is 12.7. The first-order chi connectivity index (χ1) is 9.38. The first-order valence-electron chi connectivity index (χ1n) is 6.12. The van der Waals surface area contributed by atoms with Gasteiger partial charge < -0.3 is 0 Å². The molecule has 20 heavy (non-hydrogen) atoms. The zero-order valence-electron chi connectivity index (χ0n) is 11.1. The summed E-state index contributed by atoms with van der Waals surface area (Å²) in [6.07, 6.45) is 0.159. The third kappa shape index (κ3) is 3.12. The average Bonchev–Trinajstić information content (AvgIpc) is 2.34. The summed E-state index contributed by atoms with van der Waals surface area (Å²) in [6.45, 7) is 3.91. The molecule has 0 saturated heterocycles. The minimum atomic E-state index is -1.03. The summed E-state index contributed by atoms with van der Waals surface area (Å²) in [6, 6.07) is 8.11. The maximum absolute atomic E-state index is 13.4. The highest BCUT2D eigenvalue weighted by Gasteiger charge is 2.17. The van der Waals surface area contributed by atoms with Gasteiger partial charge in [0.2, 0.25) is 0 Å². The summed E-state index contributed by atoms with van der Waals surface area (Å²) in [5.74, 6) is -2.25. The number of aryl methyl sites for hydroxylation is 2. The van der Waals surface area contributed by atoms with Crippen molar-refractivity contribution in [3.05, 3.63) is 68.7 Å². The molecule has 104 valence electrons. The van der Waals surface area contributed by atoms with Crippen molar-refractivity contribution in [2.45, 2.75) is 20.3 Å². The van der Waals surface area contributed by atoms with Crippen LogP contribution in [0.2, 0.25) is 0 Å². The summed E-state index contributed by atoms with van der Waals surface area (Å²) < 4.78 is 26.4. The van der Waals surface area contributed by atoms with Crippen molar-refractivity contribution in [2.75, 3.05) is 0 Å². The lowest BCUT2D eigenvalue weighted by Crippen LogP contribution is -2.06. The van der Waals surface area contributed by atoms with Crippen LogP contribution < -0.4 is 0 Å². The number of hydrogen-bond acceptors (Lipinski definition) is 1. The molecule has 0 aliphatic carbocycles. The largest absolute Gasteiger partial charge is 0.294 e. The van der Waals surface area contributed by atoms with Crippen molar-refractivity contribution in [2.24, 2.45) is 0 Å². The molecule has 0 heterocycles. The van der Waals surface area contributed by atoms with E-state index in [1.807, 2.05) is 32.0 Å². The van der Waals surface area contributed by atoms with Gasteiger partial charge in [-0.1, -0.05) is 29.3 Å². The van der Waals surface area contributed by atoms with Gasteiger partial charge in [0.1, 0.15) is 0 Å². The van der Waals surface area contributed by atoms with Crippen LogP contribution in [0.3, 0.4) is 0 Å². The minimum Gasteiger partial charge on any atom is -0.294 e. The smallest absolute Gasteiger partial charge is 0.173 e. The monoisotopic (exact) mass is 338 g/mol. The van der Waals surface area contributed by atoms with Crippen molar-refractivity contribution in [1.82, 2.24) is 0 Å². The molecule has 1 nitrogen and oxygen atoms in total. The SMILES string of the molecule is Cc1cc(C)cc(CC(=O)c2ccc(F)c(F)c2Br)c1. The van der Waals surface area contributed by atoms with Gasteiger partial charge in [0.25, 0.3) is 0 Å². The Kier molecular flexibility index (Phi) is 4.33. The van der Waals surface area contributed by atoms with Crippen LogP contribution in [0, 0.1) is 25.5 Å². The first kappa shape index (κ1) is 14.9. The highest BCUT2D eigenvalue weighted by molar-refractivity contribution is 9.10. The second-order valence-electron chi connectivity index (χ2n) is 4.82. The van der Waals surface area contributed by atoms with E-state index in [-0.39, 0.29) is 22.2 Å². The Morgan fingerprint density at radius 2 is 1.70 bits per heavy atom. The van der Waals surface area contributed by atoms with Gasteiger partial charge in [-0.2, -0.15) is 0 Å². The van der Waals surface area contributed by atoms with Crippen LogP contribution in [0.15, 0.2) is 34.8 Å². The Hall–Kier alpha value is -1.55. The normalized spacial score (nSPS) is 10.7. The van der Waals surface area contributed by atoms with Crippen LogP contribution in [0.1, 0.15) is 27.0 Å². The Bertz CT molecular complexity index is 660. The summed E-state index contributed by atoms with van der Waals surface area (Å²) >= 11 is 2.94. The highest BCUT2D eigenvalue weighted by atomic mass is 79.9. The number of halogens is 3. The Morgan fingerprint density at radius 1 is 1.10 bits per heavy atom. The topological polar surface area (TPSA) is 17.1 Å². The van der Waals surface area contributed by atoms with Crippen LogP contribution in [-0.2, 0) is 6.42 Å². The van der Waals surface area contributed by atoms with Crippen molar-refractivity contribution >= 4 is 21.7 Å². The molecule has 0 spiro atoms. The molecule has 0 aromatic heterocycles. The molecular weight excluding hydrogens is 326 g/mol. The minimum absolute atomic E-state index is 0.119. The molecule has 2 aromatic carbocycles. The zero-order chi connectivity index (χ0) is 14.9. The van der Waals surface area contributed by atoms with E-state index in [2.05, 4.69) is 15.9 Å². The van der Waals surface area contributed by atoms with Crippen LogP contribution in [0.4, 0.5) is 8.78 Å². The number of carbonyl (C=O) groups excluding carboxylic acids is 1. The molecule has 0 aliphatic heterocycles. The molecular formula is C16H13BrF2O. The molecule has 2 rings (SSSR count). The first-order valence-corrected chi connectivity index (χ1v) is 6.91. The number of carbonyl (C=O) groups is 1. The average molecular weight is 339 g/mol. The van der Waals surface area contributed by atoms with Gasteiger partial charge in [-0.15, -0.1) is 0 Å². The molecule has 2 aromatic rings. The molecule has 0 unspecified atom stereocenters. The van der Waals surface area contributed by atoms with Crippen LogP contribution in [0.5, 0.6) is 0 Å². The predicted molar refractivity (Wildman–Crippen MR) is 78.0 cm³/mol. The summed E-state index contributed by atoms with van der Waals surface area (Å²) in [5.41, 5.74) is 3.15. The predicted octanol–water partition coefficient (Wildman–Crippen LogP) is 4.77. The highest BCUT2D eigenvalue weighted by Crippen LogP contribution is 2.24. The Labute approximate surface area is 124 Å². The fraction of sp³-hybridized carbons (Fsp3) is 0.188. The van der Waals surface area contributed by atoms with Gasteiger partial charge in [-0.3, -0.25) is 4.79 Å². The second-order valence-corrected chi connectivity index (χ2v) is 5.61. The molecule has 0 radical (unpaired) electrons. The molecule has 0 saturated carbocycles. The number of benzene rings is 2. The molecule has 0 atom stereocenters. The van der Waals surface area contributed by atoms with Crippen molar-refractivity contribution in [3.8, 4) is 0 Å². The molecule has 0 N–H and O–H groups in total. The lowest BCUT2D eigenvalue weighted by molar-refractivity contribution is 0.0991. The van der Waals surface area contributed by atoms with E-state index >= 15 is 0 Å². The Morgan fingerprint density at radius 3 is 2.30 bits per heavy atom. The molecule has 0 bridgehead atoms.